The number of nitrogens with one attached hydrogen (secondary N) is 2. The van der Waals surface area contributed by atoms with Gasteiger partial charge in [-0.1, -0.05) is 25.5 Å². The summed E-state index contributed by atoms with van der Waals surface area (Å²) < 4.78 is 65.4. The van der Waals surface area contributed by atoms with E-state index in [0.29, 0.717) is 18.0 Å². The Morgan fingerprint density at radius 2 is 1.64 bits per heavy atom. The number of nitrogens with zero attached hydrogens (tertiary/aromatic N) is 2. The van der Waals surface area contributed by atoms with E-state index in [9.17, 15) is 22.0 Å². The molecular weight excluding hydrogens is 626 g/mol. The van der Waals surface area contributed by atoms with E-state index in [1.807, 2.05) is 24.3 Å². The molecule has 13 heteroatoms. The molecule has 45 heavy (non-hydrogen) atoms. The van der Waals surface area contributed by atoms with Gasteiger partial charge in [0, 0.05) is 51.9 Å². The Hall–Kier alpha value is -3.29. The highest BCUT2D eigenvalue weighted by molar-refractivity contribution is 7.89. The Labute approximate surface area is 270 Å². The Morgan fingerprint density at radius 1 is 1.00 bits per heavy atom. The number of carbonyl (C=O) groups excluding carboxylic acids is 1. The number of hydrogen-bond acceptors (Lipinski definition) is 6. The molecule has 0 spiro atoms. The first-order valence-electron chi connectivity index (χ1n) is 14.8. The van der Waals surface area contributed by atoms with Crippen molar-refractivity contribution in [3.05, 3.63) is 83.9 Å². The fourth-order valence-electron chi connectivity index (χ4n) is 5.05. The van der Waals surface area contributed by atoms with Crippen LogP contribution in [0.25, 0.3) is 0 Å². The number of halogens is 3. The van der Waals surface area contributed by atoms with Gasteiger partial charge in [-0.05, 0) is 73.4 Å². The first-order chi connectivity index (χ1) is 21.2. The molecule has 1 fully saturated rings. The normalized spacial score (nSPS) is 14.0. The zero-order valence-corrected chi connectivity index (χ0v) is 27.1. The Bertz CT molecular complexity index is 1470. The zero-order valence-electron chi connectivity index (χ0n) is 25.5. The predicted molar refractivity (Wildman–Crippen MR) is 173 cm³/mol. The van der Waals surface area contributed by atoms with Crippen LogP contribution < -0.4 is 14.8 Å². The van der Waals surface area contributed by atoms with Crippen molar-refractivity contribution < 1.29 is 31.5 Å². The number of methoxy groups -OCH3 is 1. The topological polar surface area (TPSA) is 100 Å². The number of sulfonamides is 1. The number of carbonyl (C=O) groups is 1. The van der Waals surface area contributed by atoms with Crippen LogP contribution in [0.1, 0.15) is 38.2 Å². The molecule has 1 saturated heterocycles. The maximum absolute atomic E-state index is 14.1. The van der Waals surface area contributed by atoms with Crippen LogP contribution in [-0.4, -0.2) is 70.2 Å². The van der Waals surface area contributed by atoms with Crippen LogP contribution in [0.5, 0.6) is 11.5 Å². The van der Waals surface area contributed by atoms with Crippen molar-refractivity contribution in [3.63, 3.8) is 0 Å². The fraction of sp³-hybridized carbons (Fsp3) is 0.406. The number of unbranched alkanes of at least 4 members (excludes halogenated alkanes) is 1. The highest BCUT2D eigenvalue weighted by Crippen LogP contribution is 2.25. The summed E-state index contributed by atoms with van der Waals surface area (Å²) in [5, 5.41) is 2.62. The lowest BCUT2D eigenvalue weighted by atomic mass is 10.0. The van der Waals surface area contributed by atoms with Crippen molar-refractivity contribution in [2.24, 2.45) is 0 Å². The van der Waals surface area contributed by atoms with E-state index in [0.717, 1.165) is 63.0 Å². The Balaban J connectivity index is 0.00000552. The number of piperidine rings is 1. The first kappa shape index (κ1) is 36.2. The van der Waals surface area contributed by atoms with Crippen molar-refractivity contribution in [1.82, 2.24) is 14.5 Å². The van der Waals surface area contributed by atoms with Gasteiger partial charge in [0.15, 0.2) is 0 Å². The van der Waals surface area contributed by atoms with Gasteiger partial charge in [0.1, 0.15) is 23.1 Å². The molecule has 0 saturated carbocycles. The highest BCUT2D eigenvalue weighted by Gasteiger charge is 2.28. The SMILES string of the molecule is CCCCN(C(=O)Nc1ccc(F)cc1F)C1CCN(Cc2ccc(Oc3ccc(S(=O)(=O)NCCOC)cc3)cc2)CC1.Cl. The van der Waals surface area contributed by atoms with Crippen molar-refractivity contribution >= 4 is 34.1 Å². The van der Waals surface area contributed by atoms with Gasteiger partial charge in [0.05, 0.1) is 17.2 Å². The molecule has 4 rings (SSSR count). The lowest BCUT2D eigenvalue weighted by molar-refractivity contribution is 0.122. The molecule has 0 bridgehead atoms. The summed E-state index contributed by atoms with van der Waals surface area (Å²) in [6, 6.07) is 16.8. The number of anilines is 1. The summed E-state index contributed by atoms with van der Waals surface area (Å²) >= 11 is 0. The maximum atomic E-state index is 14.1. The second-order valence-electron chi connectivity index (χ2n) is 10.7. The van der Waals surface area contributed by atoms with Crippen LogP contribution in [0, 0.1) is 11.6 Å². The van der Waals surface area contributed by atoms with Gasteiger partial charge in [-0.15, -0.1) is 12.4 Å². The van der Waals surface area contributed by atoms with Gasteiger partial charge in [0.2, 0.25) is 10.0 Å². The van der Waals surface area contributed by atoms with Crippen molar-refractivity contribution in [2.45, 2.75) is 50.1 Å². The standard InChI is InChI=1S/C32H40F2N4O5S.ClH/c1-3-4-18-38(32(39)36-31-14-7-25(33)22-30(31)34)26-15-19-37(20-16-26)23-24-5-8-27(9-6-24)43-28-10-12-29(13-11-28)44(40,41)35-17-21-42-2;/h5-14,22,26,35H,3-4,15-21,23H2,1-2H3,(H,36,39);1H. The summed E-state index contributed by atoms with van der Waals surface area (Å²) in [5.41, 5.74) is 1.09. The van der Waals surface area contributed by atoms with Crippen LogP contribution in [0.15, 0.2) is 71.6 Å². The minimum absolute atomic E-state index is 0. The lowest BCUT2D eigenvalue weighted by Crippen LogP contribution is -2.49. The van der Waals surface area contributed by atoms with Crippen molar-refractivity contribution in [1.29, 1.82) is 0 Å². The summed E-state index contributed by atoms with van der Waals surface area (Å²) in [4.78, 5) is 17.4. The molecule has 2 N–H and O–H groups in total. The van der Waals surface area contributed by atoms with E-state index >= 15 is 0 Å². The predicted octanol–water partition coefficient (Wildman–Crippen LogP) is 6.40. The number of amides is 2. The Morgan fingerprint density at radius 3 is 2.24 bits per heavy atom. The molecule has 1 aliphatic rings. The van der Waals surface area contributed by atoms with Crippen molar-refractivity contribution in [3.8, 4) is 11.5 Å². The van der Waals surface area contributed by atoms with Crippen LogP contribution in [0.3, 0.4) is 0 Å². The maximum Gasteiger partial charge on any atom is 0.322 e. The number of hydrogen-bond donors (Lipinski definition) is 2. The third kappa shape index (κ3) is 10.6. The smallest absolute Gasteiger partial charge is 0.322 e. The molecule has 2 amide bonds. The van der Waals surface area contributed by atoms with Gasteiger partial charge in [-0.25, -0.2) is 26.7 Å². The molecule has 3 aromatic rings. The largest absolute Gasteiger partial charge is 0.457 e. The average Bonchev–Trinajstić information content (AvgIpc) is 3.01. The zero-order chi connectivity index (χ0) is 31.5. The van der Waals surface area contributed by atoms with Crippen LogP contribution in [-0.2, 0) is 21.3 Å². The number of likely N-dealkylation sites (tertiary alicyclic amines) is 1. The summed E-state index contributed by atoms with van der Waals surface area (Å²) in [5.74, 6) is -0.327. The van der Waals surface area contributed by atoms with E-state index in [1.165, 1.54) is 25.3 Å². The Kier molecular flexibility index (Phi) is 14.0. The van der Waals surface area contributed by atoms with Crippen LogP contribution in [0.2, 0.25) is 0 Å². The monoisotopic (exact) mass is 666 g/mol. The van der Waals surface area contributed by atoms with Gasteiger partial charge in [-0.3, -0.25) is 4.90 Å². The van der Waals surface area contributed by atoms with E-state index in [4.69, 9.17) is 9.47 Å². The molecular formula is C32H41ClF2N4O5S. The number of benzene rings is 3. The summed E-state index contributed by atoms with van der Waals surface area (Å²) in [6.45, 7) is 5.46. The summed E-state index contributed by atoms with van der Waals surface area (Å²) in [7, 11) is -2.11. The van der Waals surface area contributed by atoms with Crippen LogP contribution in [0.4, 0.5) is 19.3 Å². The van der Waals surface area contributed by atoms with E-state index < -0.39 is 21.7 Å². The van der Waals surface area contributed by atoms with Crippen molar-refractivity contribution in [2.75, 3.05) is 45.2 Å². The second-order valence-corrected chi connectivity index (χ2v) is 12.5. The molecule has 0 radical (unpaired) electrons. The first-order valence-corrected chi connectivity index (χ1v) is 16.3. The third-order valence-corrected chi connectivity index (χ3v) is 8.96. The lowest BCUT2D eigenvalue weighted by Gasteiger charge is -2.38. The molecule has 0 unspecified atom stereocenters. The molecule has 1 aliphatic heterocycles. The average molecular weight is 667 g/mol. The fourth-order valence-corrected chi connectivity index (χ4v) is 6.06. The quantitative estimate of drug-likeness (QED) is 0.193. The number of ether oxygens (including phenoxy) is 2. The molecule has 0 atom stereocenters. The van der Waals surface area contributed by atoms with Crippen LogP contribution >= 0.6 is 12.4 Å². The summed E-state index contributed by atoms with van der Waals surface area (Å²) in [6.07, 6.45) is 3.34. The number of rotatable bonds is 14. The van der Waals surface area contributed by atoms with Gasteiger partial charge in [0.25, 0.3) is 0 Å². The number of urea groups is 1. The minimum atomic E-state index is -3.61. The highest BCUT2D eigenvalue weighted by atomic mass is 35.5. The molecule has 3 aromatic carbocycles. The van der Waals surface area contributed by atoms with E-state index in [1.54, 1.807) is 17.0 Å². The molecule has 0 aliphatic carbocycles. The second kappa shape index (κ2) is 17.4. The third-order valence-electron chi connectivity index (χ3n) is 7.48. The molecule has 9 nitrogen and oxygen atoms in total. The minimum Gasteiger partial charge on any atom is -0.457 e. The van der Waals surface area contributed by atoms with E-state index in [2.05, 4.69) is 21.9 Å². The van der Waals surface area contributed by atoms with Gasteiger partial charge >= 0.3 is 6.03 Å². The van der Waals surface area contributed by atoms with E-state index in [-0.39, 0.29) is 48.2 Å². The molecule has 246 valence electrons. The van der Waals surface area contributed by atoms with Gasteiger partial charge in [-0.2, -0.15) is 0 Å². The molecule has 1 heterocycles. The molecule has 0 aromatic heterocycles. The van der Waals surface area contributed by atoms with Gasteiger partial charge < -0.3 is 19.7 Å².